The quantitative estimate of drug-likeness (QED) is 0.267. The topological polar surface area (TPSA) is 130 Å². The number of nitrogens with one attached hydrogen (secondary N) is 1. The lowest BCUT2D eigenvalue weighted by atomic mass is 10.1. The number of aromatic nitrogens is 1. The van der Waals surface area contributed by atoms with Crippen LogP contribution in [-0.2, 0) is 16.0 Å². The summed E-state index contributed by atoms with van der Waals surface area (Å²) >= 11 is 1.23. The van der Waals surface area contributed by atoms with Gasteiger partial charge < -0.3 is 14.2 Å². The molecule has 10 nitrogen and oxygen atoms in total. The molecule has 1 heterocycles. The Hall–Kier alpha value is -3.99. The normalized spacial score (nSPS) is 11.4. The van der Waals surface area contributed by atoms with Crippen molar-refractivity contribution in [2.75, 3.05) is 19.5 Å². The van der Waals surface area contributed by atoms with Crippen molar-refractivity contribution < 1.29 is 28.7 Å². The molecule has 0 saturated heterocycles. The van der Waals surface area contributed by atoms with E-state index in [0.29, 0.717) is 10.8 Å². The average Bonchev–Trinajstić information content (AvgIpc) is 3.31. The smallest absolute Gasteiger partial charge is 0.346 e. The number of aryl methyl sites for hydroxylation is 1. The van der Waals surface area contributed by atoms with Crippen LogP contribution < -0.4 is 14.8 Å². The summed E-state index contributed by atoms with van der Waals surface area (Å²) in [7, 11) is 2.64. The number of methoxy groups -OCH3 is 2. The second kappa shape index (κ2) is 10.8. The zero-order valence-corrected chi connectivity index (χ0v) is 19.8. The molecule has 0 radical (unpaired) electrons. The zero-order chi connectivity index (χ0) is 24.8. The van der Waals surface area contributed by atoms with Crippen molar-refractivity contribution in [1.82, 2.24) is 4.98 Å². The number of carbonyl (C=O) groups excluding carboxylic acids is 2. The fraction of sp³-hybridized carbons (Fsp3) is 0.261. The first-order valence-electron chi connectivity index (χ1n) is 10.2. The highest BCUT2D eigenvalue weighted by Gasteiger charge is 2.28. The summed E-state index contributed by atoms with van der Waals surface area (Å²) in [6.45, 7) is 3.43. The number of nitrogens with zero attached hydrogens (tertiary/aromatic N) is 2. The van der Waals surface area contributed by atoms with Gasteiger partial charge in [-0.3, -0.25) is 20.2 Å². The van der Waals surface area contributed by atoms with E-state index in [1.54, 1.807) is 5.38 Å². The maximum Gasteiger partial charge on any atom is 0.346 e. The second-order valence-corrected chi connectivity index (χ2v) is 7.96. The van der Waals surface area contributed by atoms with Gasteiger partial charge in [0.15, 0.2) is 22.7 Å². The summed E-state index contributed by atoms with van der Waals surface area (Å²) in [4.78, 5) is 40.3. The molecule has 11 heteroatoms. The molecule has 34 heavy (non-hydrogen) atoms. The number of nitro benzene ring substituents is 1. The number of ether oxygens (including phenoxy) is 3. The van der Waals surface area contributed by atoms with Gasteiger partial charge in [0.2, 0.25) is 0 Å². The van der Waals surface area contributed by atoms with Crippen molar-refractivity contribution in [3.05, 3.63) is 63.0 Å². The number of thiazole rings is 1. The van der Waals surface area contributed by atoms with E-state index in [2.05, 4.69) is 17.2 Å². The van der Waals surface area contributed by atoms with Crippen LogP contribution in [0.3, 0.4) is 0 Å². The van der Waals surface area contributed by atoms with Gasteiger partial charge in [-0.1, -0.05) is 31.2 Å². The minimum atomic E-state index is -1.24. The number of hydrogen-bond donors (Lipinski definition) is 1. The summed E-state index contributed by atoms with van der Waals surface area (Å²) in [5.74, 6) is -1.48. The predicted molar refractivity (Wildman–Crippen MR) is 127 cm³/mol. The monoisotopic (exact) mass is 485 g/mol. The molecule has 0 fully saturated rings. The Balaban J connectivity index is 1.71. The van der Waals surface area contributed by atoms with Gasteiger partial charge in [-0.15, -0.1) is 11.3 Å². The van der Waals surface area contributed by atoms with Crippen LogP contribution in [0.25, 0.3) is 11.3 Å². The fourth-order valence-electron chi connectivity index (χ4n) is 3.04. The number of rotatable bonds is 9. The maximum atomic E-state index is 12.6. The lowest BCUT2D eigenvalue weighted by molar-refractivity contribution is -0.385. The summed E-state index contributed by atoms with van der Waals surface area (Å²) in [6, 6.07) is 10.1. The predicted octanol–water partition coefficient (Wildman–Crippen LogP) is 4.48. The van der Waals surface area contributed by atoms with Crippen molar-refractivity contribution in [2.45, 2.75) is 26.4 Å². The number of carbonyl (C=O) groups is 2. The first kappa shape index (κ1) is 24.6. The van der Waals surface area contributed by atoms with Crippen LogP contribution in [-0.4, -0.2) is 42.1 Å². The van der Waals surface area contributed by atoms with Gasteiger partial charge in [-0.25, -0.2) is 9.78 Å². The Kier molecular flexibility index (Phi) is 7.79. The third-order valence-electron chi connectivity index (χ3n) is 4.96. The van der Waals surface area contributed by atoms with E-state index in [1.807, 2.05) is 24.3 Å². The number of hydrogen-bond acceptors (Lipinski definition) is 9. The van der Waals surface area contributed by atoms with E-state index >= 15 is 0 Å². The lowest BCUT2D eigenvalue weighted by Crippen LogP contribution is -2.30. The van der Waals surface area contributed by atoms with E-state index in [0.717, 1.165) is 24.1 Å². The van der Waals surface area contributed by atoms with E-state index in [1.165, 1.54) is 38.0 Å². The molecule has 178 valence electrons. The van der Waals surface area contributed by atoms with Crippen molar-refractivity contribution >= 4 is 34.0 Å². The molecule has 2 aromatic carbocycles. The molecule has 1 aromatic heterocycles. The van der Waals surface area contributed by atoms with Crippen LogP contribution in [0.1, 0.15) is 29.8 Å². The van der Waals surface area contributed by atoms with Crippen LogP contribution in [0, 0.1) is 10.1 Å². The Morgan fingerprint density at radius 2 is 1.79 bits per heavy atom. The van der Waals surface area contributed by atoms with Gasteiger partial charge >= 0.3 is 5.97 Å². The van der Waals surface area contributed by atoms with Gasteiger partial charge in [0.1, 0.15) is 5.56 Å². The molecule has 0 aliphatic rings. The van der Waals surface area contributed by atoms with Gasteiger partial charge in [-0.2, -0.15) is 0 Å². The van der Waals surface area contributed by atoms with E-state index < -0.39 is 28.6 Å². The highest BCUT2D eigenvalue weighted by atomic mass is 32.1. The van der Waals surface area contributed by atoms with Crippen molar-refractivity contribution in [2.24, 2.45) is 0 Å². The van der Waals surface area contributed by atoms with E-state index in [9.17, 15) is 19.7 Å². The molecule has 1 unspecified atom stereocenters. The first-order chi connectivity index (χ1) is 16.3. The lowest BCUT2D eigenvalue weighted by Gasteiger charge is -2.14. The average molecular weight is 486 g/mol. The van der Waals surface area contributed by atoms with Gasteiger partial charge in [-0.05, 0) is 18.9 Å². The number of amides is 1. The minimum absolute atomic E-state index is 0.0837. The summed E-state index contributed by atoms with van der Waals surface area (Å²) in [5.41, 5.74) is 1.92. The highest BCUT2D eigenvalue weighted by molar-refractivity contribution is 7.14. The Bertz CT molecular complexity index is 1210. The standard InChI is InChI=1S/C23H23N3O7S/c1-5-14-6-8-15(9-7-14)17-12-34-23(24-17)25-21(27)13(2)33-22(28)16-10-19(31-3)20(32-4)11-18(16)26(29)30/h6-13H,5H2,1-4H3,(H,24,25,27). The van der Waals surface area contributed by atoms with Crippen LogP contribution in [0.5, 0.6) is 11.5 Å². The third-order valence-corrected chi connectivity index (χ3v) is 5.72. The van der Waals surface area contributed by atoms with Gasteiger partial charge in [0.05, 0.1) is 30.9 Å². The summed E-state index contributed by atoms with van der Waals surface area (Å²) in [6.07, 6.45) is -0.307. The molecule has 1 amide bonds. The van der Waals surface area contributed by atoms with Gasteiger partial charge in [0, 0.05) is 17.0 Å². The SMILES string of the molecule is CCc1ccc(-c2csc(NC(=O)C(C)OC(=O)c3cc(OC)c(OC)cc3[N+](=O)[O-])n2)cc1. The number of benzene rings is 2. The van der Waals surface area contributed by atoms with Crippen LogP contribution in [0.4, 0.5) is 10.8 Å². The Labute approximate surface area is 199 Å². The Morgan fingerprint density at radius 3 is 2.38 bits per heavy atom. The summed E-state index contributed by atoms with van der Waals surface area (Å²) < 4.78 is 15.3. The molecule has 0 aliphatic heterocycles. The molecule has 3 aromatic rings. The number of nitro groups is 1. The Morgan fingerprint density at radius 1 is 1.15 bits per heavy atom. The van der Waals surface area contributed by atoms with Crippen LogP contribution >= 0.6 is 11.3 Å². The molecule has 0 aliphatic carbocycles. The van der Waals surface area contributed by atoms with Crippen LogP contribution in [0.15, 0.2) is 41.8 Å². The number of anilines is 1. The van der Waals surface area contributed by atoms with E-state index in [4.69, 9.17) is 14.2 Å². The highest BCUT2D eigenvalue weighted by Crippen LogP contribution is 2.35. The third kappa shape index (κ3) is 5.49. The van der Waals surface area contributed by atoms with Crippen molar-refractivity contribution in [3.8, 4) is 22.8 Å². The summed E-state index contributed by atoms with van der Waals surface area (Å²) in [5, 5.41) is 16.2. The molecule has 0 bridgehead atoms. The van der Waals surface area contributed by atoms with E-state index in [-0.39, 0.29) is 17.1 Å². The molecule has 1 atom stereocenters. The minimum Gasteiger partial charge on any atom is -0.493 e. The van der Waals surface area contributed by atoms with Gasteiger partial charge in [0.25, 0.3) is 11.6 Å². The van der Waals surface area contributed by atoms with Crippen molar-refractivity contribution in [3.63, 3.8) is 0 Å². The van der Waals surface area contributed by atoms with Crippen LogP contribution in [0.2, 0.25) is 0 Å². The molecular formula is C23H23N3O7S. The molecule has 3 rings (SSSR count). The molecule has 0 spiro atoms. The molecule has 0 saturated carbocycles. The van der Waals surface area contributed by atoms with Crippen molar-refractivity contribution in [1.29, 1.82) is 0 Å². The fourth-order valence-corrected chi connectivity index (χ4v) is 3.76. The molecular weight excluding hydrogens is 462 g/mol. The number of esters is 1. The first-order valence-corrected chi connectivity index (χ1v) is 11.1. The second-order valence-electron chi connectivity index (χ2n) is 7.11. The largest absolute Gasteiger partial charge is 0.493 e. The zero-order valence-electron chi connectivity index (χ0n) is 19.0. The maximum absolute atomic E-state index is 12.6. The molecule has 1 N–H and O–H groups in total.